The van der Waals surface area contributed by atoms with E-state index < -0.39 is 40.6 Å². The number of halogens is 5. The highest BCUT2D eigenvalue weighted by molar-refractivity contribution is 5.67. The Balaban J connectivity index is 2.72. The van der Waals surface area contributed by atoms with Crippen LogP contribution in [0.4, 0.5) is 27.9 Å². The third kappa shape index (κ3) is 2.61. The molecular weight excluding hydrogens is 269 g/mol. The summed E-state index contributed by atoms with van der Waals surface area (Å²) in [7, 11) is 0. The molecule has 2 N–H and O–H groups in total. The van der Waals surface area contributed by atoms with Crippen LogP contribution in [-0.4, -0.2) is 9.97 Å². The molecule has 0 saturated carbocycles. The largest absolute Gasteiger partial charge is 0.434 e. The van der Waals surface area contributed by atoms with Gasteiger partial charge in [0.05, 0.1) is 0 Å². The first-order valence-corrected chi connectivity index (χ1v) is 4.94. The minimum absolute atomic E-state index is 0.577. The topological polar surface area (TPSA) is 51.8 Å². The van der Waals surface area contributed by atoms with Crippen molar-refractivity contribution in [3.05, 3.63) is 41.7 Å². The SMILES string of the molecule is Nc1ncc(-c2cc(F)ccc2F)c(C(F)(F)F)n1. The highest BCUT2D eigenvalue weighted by Gasteiger charge is 2.37. The smallest absolute Gasteiger partial charge is 0.368 e. The Bertz CT molecular complexity index is 624. The Morgan fingerprint density at radius 2 is 1.74 bits per heavy atom. The summed E-state index contributed by atoms with van der Waals surface area (Å²) in [5, 5.41) is 0. The summed E-state index contributed by atoms with van der Waals surface area (Å²) in [5.74, 6) is -2.49. The van der Waals surface area contributed by atoms with Crippen molar-refractivity contribution in [2.45, 2.75) is 6.18 Å². The lowest BCUT2D eigenvalue weighted by atomic mass is 10.0. The molecule has 100 valence electrons. The van der Waals surface area contributed by atoms with Crippen molar-refractivity contribution in [3.8, 4) is 11.1 Å². The number of nitrogen functional groups attached to an aromatic ring is 1. The highest BCUT2D eigenvalue weighted by atomic mass is 19.4. The second kappa shape index (κ2) is 4.45. The number of hydrogen-bond donors (Lipinski definition) is 1. The van der Waals surface area contributed by atoms with Crippen LogP contribution in [0.25, 0.3) is 11.1 Å². The Morgan fingerprint density at radius 3 is 2.37 bits per heavy atom. The summed E-state index contributed by atoms with van der Waals surface area (Å²) in [4.78, 5) is 6.42. The first kappa shape index (κ1) is 13.2. The Kier molecular flexibility index (Phi) is 3.09. The fourth-order valence-electron chi connectivity index (χ4n) is 1.51. The number of aromatic nitrogens is 2. The van der Waals surface area contributed by atoms with Crippen LogP contribution in [0.5, 0.6) is 0 Å². The van der Waals surface area contributed by atoms with E-state index in [9.17, 15) is 22.0 Å². The molecule has 0 aliphatic carbocycles. The Labute approximate surface area is 103 Å². The number of alkyl halides is 3. The zero-order valence-corrected chi connectivity index (χ0v) is 9.17. The maximum absolute atomic E-state index is 13.5. The van der Waals surface area contributed by atoms with Crippen LogP contribution in [0.1, 0.15) is 5.69 Å². The second-order valence-corrected chi connectivity index (χ2v) is 3.61. The Hall–Kier alpha value is -2.25. The maximum Gasteiger partial charge on any atom is 0.434 e. The van der Waals surface area contributed by atoms with Crippen LogP contribution in [0.3, 0.4) is 0 Å². The molecule has 8 heteroatoms. The predicted octanol–water partition coefficient (Wildman–Crippen LogP) is 3.02. The third-order valence-corrected chi connectivity index (χ3v) is 2.29. The minimum atomic E-state index is -4.86. The summed E-state index contributed by atoms with van der Waals surface area (Å²) in [6, 6.07) is 2.16. The molecule has 0 radical (unpaired) electrons. The molecule has 0 atom stereocenters. The van der Waals surface area contributed by atoms with Crippen LogP contribution in [-0.2, 0) is 6.18 Å². The lowest BCUT2D eigenvalue weighted by Gasteiger charge is -2.12. The van der Waals surface area contributed by atoms with Crippen LogP contribution in [0.2, 0.25) is 0 Å². The Morgan fingerprint density at radius 1 is 1.05 bits per heavy atom. The van der Waals surface area contributed by atoms with Crippen molar-refractivity contribution in [2.24, 2.45) is 0 Å². The number of nitrogens with two attached hydrogens (primary N) is 1. The number of benzene rings is 1. The van der Waals surface area contributed by atoms with Gasteiger partial charge in [0.1, 0.15) is 11.6 Å². The highest BCUT2D eigenvalue weighted by Crippen LogP contribution is 2.36. The summed E-state index contributed by atoms with van der Waals surface area (Å²) in [6.45, 7) is 0. The zero-order chi connectivity index (χ0) is 14.2. The molecule has 2 rings (SSSR count). The van der Waals surface area contributed by atoms with E-state index >= 15 is 0 Å². The predicted molar refractivity (Wildman–Crippen MR) is 56.8 cm³/mol. The van der Waals surface area contributed by atoms with Crippen molar-refractivity contribution < 1.29 is 22.0 Å². The lowest BCUT2D eigenvalue weighted by molar-refractivity contribution is -0.140. The van der Waals surface area contributed by atoms with E-state index in [0.717, 1.165) is 12.1 Å². The molecule has 0 fully saturated rings. The van der Waals surface area contributed by atoms with Gasteiger partial charge in [-0.25, -0.2) is 18.7 Å². The maximum atomic E-state index is 13.5. The fourth-order valence-corrected chi connectivity index (χ4v) is 1.51. The van der Waals surface area contributed by atoms with Gasteiger partial charge < -0.3 is 5.73 Å². The van der Waals surface area contributed by atoms with Gasteiger partial charge in [-0.3, -0.25) is 0 Å². The molecule has 0 aliphatic rings. The average molecular weight is 275 g/mol. The second-order valence-electron chi connectivity index (χ2n) is 3.61. The molecule has 2 aromatic rings. The molecule has 0 amide bonds. The van der Waals surface area contributed by atoms with Gasteiger partial charge in [-0.15, -0.1) is 0 Å². The zero-order valence-electron chi connectivity index (χ0n) is 9.17. The van der Waals surface area contributed by atoms with Gasteiger partial charge in [-0.2, -0.15) is 13.2 Å². The number of nitrogens with zero attached hydrogens (tertiary/aromatic N) is 2. The molecule has 1 aromatic heterocycles. The lowest BCUT2D eigenvalue weighted by Crippen LogP contribution is -2.13. The monoisotopic (exact) mass is 275 g/mol. The van der Waals surface area contributed by atoms with Gasteiger partial charge >= 0.3 is 6.18 Å². The normalized spacial score (nSPS) is 11.6. The number of rotatable bonds is 1. The molecule has 3 nitrogen and oxygen atoms in total. The molecule has 0 aliphatic heterocycles. The van der Waals surface area contributed by atoms with E-state index in [1.54, 1.807) is 0 Å². The standard InChI is InChI=1S/C11H6F5N3/c12-5-1-2-8(13)6(3-5)7-4-18-10(17)19-9(7)11(14,15)16/h1-4H,(H2,17,18,19). The summed E-state index contributed by atoms with van der Waals surface area (Å²) < 4.78 is 64.9. The van der Waals surface area contributed by atoms with Gasteiger partial charge in [-0.05, 0) is 18.2 Å². The minimum Gasteiger partial charge on any atom is -0.368 e. The fraction of sp³-hybridized carbons (Fsp3) is 0.0909. The molecule has 0 spiro atoms. The number of anilines is 1. The van der Waals surface area contributed by atoms with E-state index in [1.807, 2.05) is 0 Å². The summed E-state index contributed by atoms with van der Waals surface area (Å²) in [5.41, 5.74) is 2.42. The van der Waals surface area contributed by atoms with Crippen molar-refractivity contribution >= 4 is 5.95 Å². The van der Waals surface area contributed by atoms with Crippen molar-refractivity contribution in [3.63, 3.8) is 0 Å². The quantitative estimate of drug-likeness (QED) is 0.814. The van der Waals surface area contributed by atoms with Gasteiger partial charge in [-0.1, -0.05) is 0 Å². The molecule has 1 aromatic carbocycles. The van der Waals surface area contributed by atoms with Crippen LogP contribution < -0.4 is 5.73 Å². The first-order valence-electron chi connectivity index (χ1n) is 4.94. The molecule has 0 bridgehead atoms. The summed E-state index contributed by atoms with van der Waals surface area (Å²) in [6.07, 6.45) is -4.14. The summed E-state index contributed by atoms with van der Waals surface area (Å²) >= 11 is 0. The van der Waals surface area contributed by atoms with E-state index in [0.29, 0.717) is 12.3 Å². The molecule has 1 heterocycles. The van der Waals surface area contributed by atoms with Crippen LogP contribution in [0, 0.1) is 11.6 Å². The molecular formula is C11H6F5N3. The van der Waals surface area contributed by atoms with E-state index in [1.165, 1.54) is 0 Å². The van der Waals surface area contributed by atoms with Crippen LogP contribution >= 0.6 is 0 Å². The van der Waals surface area contributed by atoms with Gasteiger partial charge in [0.15, 0.2) is 5.69 Å². The van der Waals surface area contributed by atoms with E-state index in [2.05, 4.69) is 9.97 Å². The van der Waals surface area contributed by atoms with Gasteiger partial charge in [0, 0.05) is 17.3 Å². The van der Waals surface area contributed by atoms with Gasteiger partial charge in [0.25, 0.3) is 0 Å². The van der Waals surface area contributed by atoms with Gasteiger partial charge in [0.2, 0.25) is 5.95 Å². The van der Waals surface area contributed by atoms with E-state index in [4.69, 9.17) is 5.73 Å². The third-order valence-electron chi connectivity index (χ3n) is 2.29. The average Bonchev–Trinajstić information content (AvgIpc) is 2.31. The number of hydrogen-bond acceptors (Lipinski definition) is 3. The molecule has 19 heavy (non-hydrogen) atoms. The van der Waals surface area contributed by atoms with Crippen molar-refractivity contribution in [2.75, 3.05) is 5.73 Å². The van der Waals surface area contributed by atoms with Crippen molar-refractivity contribution in [1.29, 1.82) is 0 Å². The van der Waals surface area contributed by atoms with Crippen molar-refractivity contribution in [1.82, 2.24) is 9.97 Å². The molecule has 0 saturated heterocycles. The van der Waals surface area contributed by atoms with Crippen LogP contribution in [0.15, 0.2) is 24.4 Å². The van der Waals surface area contributed by atoms with E-state index in [-0.39, 0.29) is 0 Å². The first-order chi connectivity index (χ1) is 8.79. The molecule has 0 unspecified atom stereocenters.